The van der Waals surface area contributed by atoms with Crippen LogP contribution in [0.3, 0.4) is 0 Å². The van der Waals surface area contributed by atoms with Crippen molar-refractivity contribution in [1.82, 2.24) is 29.1 Å². The molecule has 0 bridgehead atoms. The Balaban J connectivity index is 0.864. The lowest BCUT2D eigenvalue weighted by molar-refractivity contribution is 0.889. The molecule has 358 valence electrons. The highest BCUT2D eigenvalue weighted by Gasteiger charge is 2.23. The van der Waals surface area contributed by atoms with Crippen molar-refractivity contribution < 1.29 is 0 Å². The van der Waals surface area contributed by atoms with Gasteiger partial charge in [-0.2, -0.15) is 0 Å². The van der Waals surface area contributed by atoms with Crippen LogP contribution in [0.25, 0.3) is 106 Å². The van der Waals surface area contributed by atoms with E-state index in [-0.39, 0.29) is 0 Å². The molecular formula is C69H52N6. The van der Waals surface area contributed by atoms with E-state index in [2.05, 4.69) is 204 Å². The highest BCUT2D eigenvalue weighted by atomic mass is 15.1. The van der Waals surface area contributed by atoms with Crippen LogP contribution in [-0.2, 0) is 12.8 Å². The van der Waals surface area contributed by atoms with Crippen LogP contribution in [0.5, 0.6) is 0 Å². The fourth-order valence-corrected chi connectivity index (χ4v) is 10.9. The first-order chi connectivity index (χ1) is 37.1. The normalized spacial score (nSPS) is 12.7. The largest absolute Gasteiger partial charge is 0.310 e. The lowest BCUT2D eigenvalue weighted by Gasteiger charge is -2.17. The third-order valence-electron chi connectivity index (χ3n) is 14.6. The van der Waals surface area contributed by atoms with Gasteiger partial charge in [-0.3, -0.25) is 4.57 Å². The predicted molar refractivity (Wildman–Crippen MR) is 311 cm³/mol. The topological polar surface area (TPSA) is 61.4 Å². The molecule has 1 aliphatic carbocycles. The molecule has 0 saturated heterocycles. The van der Waals surface area contributed by atoms with Crippen molar-refractivity contribution in [2.75, 3.05) is 0 Å². The Bertz CT molecular complexity index is 4130. The molecule has 4 heterocycles. The van der Waals surface area contributed by atoms with E-state index in [1.165, 1.54) is 61.2 Å². The number of fused-ring (bicyclic) bond motifs is 6. The number of nitrogens with zero attached hydrogens (tertiary/aromatic N) is 6. The number of allylic oxidation sites excluding steroid dienone is 5. The van der Waals surface area contributed by atoms with Crippen LogP contribution in [-0.4, -0.2) is 29.1 Å². The zero-order valence-corrected chi connectivity index (χ0v) is 41.7. The first-order valence-corrected chi connectivity index (χ1v) is 25.9. The third-order valence-corrected chi connectivity index (χ3v) is 14.6. The molecular weight excluding hydrogens is 913 g/mol. The van der Waals surface area contributed by atoms with E-state index in [1.807, 2.05) is 61.2 Å². The second-order valence-corrected chi connectivity index (χ2v) is 19.3. The summed E-state index contributed by atoms with van der Waals surface area (Å²) in [4.78, 5) is 19.7. The Kier molecular flexibility index (Phi) is 12.0. The lowest BCUT2D eigenvalue weighted by Crippen LogP contribution is -2.06. The highest BCUT2D eigenvalue weighted by molar-refractivity contribution is 6.11. The Hall–Kier alpha value is -9.52. The van der Waals surface area contributed by atoms with Crippen LogP contribution in [0, 0.1) is 0 Å². The van der Waals surface area contributed by atoms with E-state index in [9.17, 15) is 0 Å². The van der Waals surface area contributed by atoms with Gasteiger partial charge < -0.3 is 4.57 Å². The fraction of sp³-hybridized carbons (Fsp3) is 0.0725. The summed E-state index contributed by atoms with van der Waals surface area (Å²) >= 11 is 0. The van der Waals surface area contributed by atoms with E-state index in [0.717, 1.165) is 86.8 Å². The molecule has 12 aromatic rings. The molecule has 0 amide bonds. The van der Waals surface area contributed by atoms with E-state index in [1.54, 1.807) is 0 Å². The van der Waals surface area contributed by atoms with Gasteiger partial charge >= 0.3 is 0 Å². The molecule has 0 radical (unpaired) electrons. The monoisotopic (exact) mass is 964 g/mol. The summed E-state index contributed by atoms with van der Waals surface area (Å²) in [7, 11) is 0. The molecule has 0 spiro atoms. The number of rotatable bonds is 12. The van der Waals surface area contributed by atoms with Crippen molar-refractivity contribution in [3.8, 4) is 56.4 Å². The first-order valence-electron chi connectivity index (χ1n) is 25.9. The Labute approximate surface area is 437 Å². The van der Waals surface area contributed by atoms with E-state index in [0.29, 0.717) is 5.95 Å². The summed E-state index contributed by atoms with van der Waals surface area (Å²) in [6.07, 6.45) is 20.7. The summed E-state index contributed by atoms with van der Waals surface area (Å²) in [5.41, 5.74) is 20.8. The van der Waals surface area contributed by atoms with Crippen LogP contribution in [0.2, 0.25) is 0 Å². The zero-order valence-electron chi connectivity index (χ0n) is 41.7. The van der Waals surface area contributed by atoms with Crippen molar-refractivity contribution in [1.29, 1.82) is 0 Å². The van der Waals surface area contributed by atoms with Gasteiger partial charge in [-0.05, 0) is 124 Å². The van der Waals surface area contributed by atoms with Crippen LogP contribution in [0.15, 0.2) is 243 Å². The maximum atomic E-state index is 4.96. The van der Waals surface area contributed by atoms with E-state index < -0.39 is 0 Å². The van der Waals surface area contributed by atoms with Crippen molar-refractivity contribution >= 4 is 49.9 Å². The molecule has 4 aromatic heterocycles. The number of hydrogen-bond donors (Lipinski definition) is 0. The minimum Gasteiger partial charge on any atom is -0.310 e. The van der Waals surface area contributed by atoms with E-state index in [4.69, 9.17) is 19.9 Å². The van der Waals surface area contributed by atoms with Gasteiger partial charge in [-0.25, -0.2) is 19.9 Å². The number of aromatic nitrogens is 6. The van der Waals surface area contributed by atoms with Gasteiger partial charge in [0, 0.05) is 50.9 Å². The Morgan fingerprint density at radius 3 is 1.71 bits per heavy atom. The van der Waals surface area contributed by atoms with Crippen LogP contribution < -0.4 is 0 Å². The Morgan fingerprint density at radius 1 is 0.467 bits per heavy atom. The molecule has 1 aliphatic rings. The predicted octanol–water partition coefficient (Wildman–Crippen LogP) is 17.1. The maximum Gasteiger partial charge on any atom is 0.234 e. The molecule has 75 heavy (non-hydrogen) atoms. The minimum atomic E-state index is 0.643. The highest BCUT2D eigenvalue weighted by Crippen LogP contribution is 2.41. The summed E-state index contributed by atoms with van der Waals surface area (Å²) in [6.45, 7) is 2.19. The molecule has 6 heteroatoms. The zero-order chi connectivity index (χ0) is 50.1. The van der Waals surface area contributed by atoms with Crippen molar-refractivity contribution in [3.63, 3.8) is 0 Å². The standard InChI is InChI=1S/C69H52N6/c1-2-3-18-51(56-32-37-67-63(41-56)62-40-55(49-21-10-5-11-22-49)31-36-66(62)75(67)69-72-43-58(44-73-69)50-23-12-6-13-24-50)29-28-47-17-16-27-53(38-47)57-33-35-65-61(42-57)60-39-54(48-19-8-4-9-20-48)30-34-64(60)74(65)59-45-70-68(71-46-59)52-25-14-7-15-26-52/h3-27,29,31-33,35-46H,2,28,30,34H2,1H3/b18-3-,51-29+. The summed E-state index contributed by atoms with van der Waals surface area (Å²) < 4.78 is 4.58. The van der Waals surface area contributed by atoms with Gasteiger partial charge in [0.05, 0.1) is 34.6 Å². The van der Waals surface area contributed by atoms with Crippen LogP contribution >= 0.6 is 0 Å². The van der Waals surface area contributed by atoms with Crippen LogP contribution in [0.1, 0.15) is 47.7 Å². The molecule has 0 atom stereocenters. The third kappa shape index (κ3) is 8.76. The average molecular weight is 965 g/mol. The quantitative estimate of drug-likeness (QED) is 0.114. The summed E-state index contributed by atoms with van der Waals surface area (Å²) in [5, 5.41) is 3.54. The second kappa shape index (κ2) is 19.8. The number of hydrogen-bond acceptors (Lipinski definition) is 4. The van der Waals surface area contributed by atoms with Gasteiger partial charge in [0.1, 0.15) is 0 Å². The summed E-state index contributed by atoms with van der Waals surface area (Å²) in [5.74, 6) is 1.37. The average Bonchev–Trinajstić information content (AvgIpc) is 4.00. The van der Waals surface area contributed by atoms with Gasteiger partial charge in [0.25, 0.3) is 0 Å². The van der Waals surface area contributed by atoms with Gasteiger partial charge in [-0.1, -0.05) is 189 Å². The smallest absolute Gasteiger partial charge is 0.234 e. The van der Waals surface area contributed by atoms with Gasteiger partial charge in [-0.15, -0.1) is 0 Å². The van der Waals surface area contributed by atoms with Crippen molar-refractivity contribution in [3.05, 3.63) is 271 Å². The first kappa shape index (κ1) is 45.4. The molecule has 0 saturated carbocycles. The SMILES string of the molecule is CC/C=C\C(=C/Cc1cccc(-c2ccc3c(c2)c2c(n3-c3cnc(-c4ccccc4)nc3)CCC(c3ccccc3)=C2)c1)c1ccc2c(c1)c1cc(-c3ccccc3)ccc1n2-c1ncc(-c2ccccc2)cn1. The summed E-state index contributed by atoms with van der Waals surface area (Å²) in [6, 6.07) is 71.5. The Morgan fingerprint density at radius 2 is 1.03 bits per heavy atom. The molecule has 6 nitrogen and oxygen atoms in total. The lowest BCUT2D eigenvalue weighted by atomic mass is 9.90. The molecule has 13 rings (SSSR count). The van der Waals surface area contributed by atoms with Crippen LogP contribution in [0.4, 0.5) is 0 Å². The molecule has 0 unspecified atom stereocenters. The molecule has 0 aliphatic heterocycles. The number of benzene rings is 8. The molecule has 8 aromatic carbocycles. The molecule has 0 N–H and O–H groups in total. The van der Waals surface area contributed by atoms with Gasteiger partial charge in [0.15, 0.2) is 5.82 Å². The molecule has 0 fully saturated rings. The van der Waals surface area contributed by atoms with Gasteiger partial charge in [0.2, 0.25) is 5.95 Å². The minimum absolute atomic E-state index is 0.643. The maximum absolute atomic E-state index is 4.96. The van der Waals surface area contributed by atoms with E-state index >= 15 is 0 Å². The van der Waals surface area contributed by atoms with Crippen molar-refractivity contribution in [2.24, 2.45) is 0 Å². The fourth-order valence-electron chi connectivity index (χ4n) is 10.9. The second-order valence-electron chi connectivity index (χ2n) is 19.3. The van der Waals surface area contributed by atoms with Crippen molar-refractivity contribution in [2.45, 2.75) is 32.6 Å².